The predicted octanol–water partition coefficient (Wildman–Crippen LogP) is 3.54. The maximum Gasteiger partial charge on any atom is 0.0454 e. The fourth-order valence-electron chi connectivity index (χ4n) is 2.70. The molecular formula is C12H12BrN. The fraction of sp³-hybridized carbons (Fsp3) is 0.417. The lowest BCUT2D eigenvalue weighted by Crippen LogP contribution is -2.35. The van der Waals surface area contributed by atoms with Crippen LogP contribution in [-0.2, 0) is 6.42 Å². The molecule has 2 aliphatic rings. The van der Waals surface area contributed by atoms with Crippen LogP contribution in [0.5, 0.6) is 0 Å². The van der Waals surface area contributed by atoms with Crippen LogP contribution in [0.1, 0.15) is 30.4 Å². The molecule has 1 N–H and O–H groups in total. The molecule has 1 aromatic rings. The Morgan fingerprint density at radius 2 is 2.07 bits per heavy atom. The molecule has 0 heterocycles. The average Bonchev–Trinajstić information content (AvgIpc) is 2.40. The highest BCUT2D eigenvalue weighted by atomic mass is 79.9. The van der Waals surface area contributed by atoms with Crippen molar-refractivity contribution in [2.45, 2.75) is 25.7 Å². The minimum atomic E-state index is 0.239. The van der Waals surface area contributed by atoms with Crippen LogP contribution in [0.3, 0.4) is 0 Å². The summed E-state index contributed by atoms with van der Waals surface area (Å²) in [6.45, 7) is 0. The summed E-state index contributed by atoms with van der Waals surface area (Å²) in [5.41, 5.74) is 3.68. The van der Waals surface area contributed by atoms with Gasteiger partial charge in [0.2, 0.25) is 0 Å². The van der Waals surface area contributed by atoms with E-state index in [4.69, 9.17) is 5.41 Å². The SMILES string of the molecule is N=C1c2cc(Br)ccc2CC12CCC2. The predicted molar refractivity (Wildman–Crippen MR) is 61.0 cm³/mol. The Labute approximate surface area is 92.2 Å². The number of hydrogen-bond donors (Lipinski definition) is 1. The molecule has 0 aromatic heterocycles. The lowest BCUT2D eigenvalue weighted by Gasteiger charge is -2.38. The van der Waals surface area contributed by atoms with Crippen molar-refractivity contribution < 1.29 is 0 Å². The minimum Gasteiger partial charge on any atom is -0.304 e. The molecule has 1 spiro atoms. The second-order valence-electron chi connectivity index (χ2n) is 4.49. The third-order valence-corrected chi connectivity index (χ3v) is 4.20. The molecule has 0 radical (unpaired) electrons. The highest BCUT2D eigenvalue weighted by Crippen LogP contribution is 2.51. The van der Waals surface area contributed by atoms with Gasteiger partial charge in [-0.3, -0.25) is 0 Å². The smallest absolute Gasteiger partial charge is 0.0454 e. The van der Waals surface area contributed by atoms with E-state index in [1.165, 1.54) is 30.4 Å². The molecule has 1 aromatic carbocycles. The van der Waals surface area contributed by atoms with Gasteiger partial charge >= 0.3 is 0 Å². The van der Waals surface area contributed by atoms with E-state index < -0.39 is 0 Å². The van der Waals surface area contributed by atoms with Crippen molar-refractivity contribution in [3.05, 3.63) is 33.8 Å². The second-order valence-corrected chi connectivity index (χ2v) is 5.40. The summed E-state index contributed by atoms with van der Waals surface area (Å²) in [6, 6.07) is 6.36. The van der Waals surface area contributed by atoms with Crippen LogP contribution < -0.4 is 0 Å². The van der Waals surface area contributed by atoms with Crippen molar-refractivity contribution in [2.24, 2.45) is 5.41 Å². The number of nitrogens with one attached hydrogen (secondary N) is 1. The molecule has 2 aliphatic carbocycles. The molecular weight excluding hydrogens is 238 g/mol. The quantitative estimate of drug-likeness (QED) is 0.728. The van der Waals surface area contributed by atoms with Gasteiger partial charge in [0.1, 0.15) is 0 Å². The van der Waals surface area contributed by atoms with Crippen LogP contribution in [0.4, 0.5) is 0 Å². The molecule has 0 saturated heterocycles. The van der Waals surface area contributed by atoms with E-state index in [9.17, 15) is 0 Å². The molecule has 0 aliphatic heterocycles. The van der Waals surface area contributed by atoms with Gasteiger partial charge in [0.15, 0.2) is 0 Å². The van der Waals surface area contributed by atoms with Gasteiger partial charge in [0.05, 0.1) is 0 Å². The zero-order valence-corrected chi connectivity index (χ0v) is 9.52. The largest absolute Gasteiger partial charge is 0.304 e. The average molecular weight is 250 g/mol. The Balaban J connectivity index is 2.11. The minimum absolute atomic E-state index is 0.239. The van der Waals surface area contributed by atoms with Crippen LogP contribution in [0.25, 0.3) is 0 Å². The van der Waals surface area contributed by atoms with Crippen molar-refractivity contribution >= 4 is 21.6 Å². The van der Waals surface area contributed by atoms with E-state index in [-0.39, 0.29) is 5.41 Å². The van der Waals surface area contributed by atoms with Crippen LogP contribution in [0.2, 0.25) is 0 Å². The van der Waals surface area contributed by atoms with E-state index >= 15 is 0 Å². The van der Waals surface area contributed by atoms with Gasteiger partial charge in [-0.05, 0) is 37.0 Å². The molecule has 0 atom stereocenters. The fourth-order valence-corrected chi connectivity index (χ4v) is 3.07. The van der Waals surface area contributed by atoms with Gasteiger partial charge in [-0.2, -0.15) is 0 Å². The zero-order valence-electron chi connectivity index (χ0n) is 7.94. The summed E-state index contributed by atoms with van der Waals surface area (Å²) in [7, 11) is 0. The topological polar surface area (TPSA) is 23.9 Å². The summed E-state index contributed by atoms with van der Waals surface area (Å²) in [5.74, 6) is 0. The summed E-state index contributed by atoms with van der Waals surface area (Å²) >= 11 is 3.47. The highest BCUT2D eigenvalue weighted by molar-refractivity contribution is 9.10. The van der Waals surface area contributed by atoms with Gasteiger partial charge in [-0.1, -0.05) is 28.4 Å². The standard InChI is InChI=1S/C12H12BrN/c13-9-3-2-8-7-12(4-1-5-12)11(14)10(8)6-9/h2-3,6,14H,1,4-5,7H2. The first-order valence-corrected chi connectivity index (χ1v) is 5.88. The summed E-state index contributed by atoms with van der Waals surface area (Å²) < 4.78 is 1.09. The third kappa shape index (κ3) is 0.977. The summed E-state index contributed by atoms with van der Waals surface area (Å²) in [4.78, 5) is 0. The number of halogens is 1. The molecule has 0 amide bonds. The Bertz CT molecular complexity index is 418. The number of fused-ring (bicyclic) bond motifs is 1. The zero-order chi connectivity index (χ0) is 9.76. The maximum atomic E-state index is 8.21. The van der Waals surface area contributed by atoms with Crippen molar-refractivity contribution in [3.8, 4) is 0 Å². The molecule has 1 saturated carbocycles. The lowest BCUT2D eigenvalue weighted by atomic mass is 9.66. The van der Waals surface area contributed by atoms with Gasteiger partial charge in [0.25, 0.3) is 0 Å². The third-order valence-electron chi connectivity index (χ3n) is 3.71. The molecule has 2 heteroatoms. The van der Waals surface area contributed by atoms with Crippen LogP contribution in [-0.4, -0.2) is 5.71 Å². The van der Waals surface area contributed by atoms with Gasteiger partial charge in [0, 0.05) is 21.2 Å². The van der Waals surface area contributed by atoms with Gasteiger partial charge in [-0.25, -0.2) is 0 Å². The van der Waals surface area contributed by atoms with Crippen LogP contribution >= 0.6 is 15.9 Å². The molecule has 0 unspecified atom stereocenters. The van der Waals surface area contributed by atoms with E-state index in [1.54, 1.807) is 0 Å². The summed E-state index contributed by atoms with van der Waals surface area (Å²) in [5, 5.41) is 8.21. The first-order valence-electron chi connectivity index (χ1n) is 5.09. The Morgan fingerprint density at radius 3 is 2.71 bits per heavy atom. The second kappa shape index (κ2) is 2.69. The van der Waals surface area contributed by atoms with Gasteiger partial charge in [-0.15, -0.1) is 0 Å². The van der Waals surface area contributed by atoms with E-state index in [0.717, 1.165) is 16.6 Å². The molecule has 1 fully saturated rings. The van der Waals surface area contributed by atoms with Gasteiger partial charge < -0.3 is 5.41 Å². The monoisotopic (exact) mass is 249 g/mol. The molecule has 14 heavy (non-hydrogen) atoms. The van der Waals surface area contributed by atoms with Crippen molar-refractivity contribution in [1.82, 2.24) is 0 Å². The van der Waals surface area contributed by atoms with E-state index in [1.807, 2.05) is 0 Å². The molecule has 1 nitrogen and oxygen atoms in total. The maximum absolute atomic E-state index is 8.21. The van der Waals surface area contributed by atoms with Crippen molar-refractivity contribution in [3.63, 3.8) is 0 Å². The number of benzene rings is 1. The van der Waals surface area contributed by atoms with E-state index in [2.05, 4.69) is 34.1 Å². The van der Waals surface area contributed by atoms with E-state index in [0.29, 0.717) is 0 Å². The molecule has 3 rings (SSSR count). The van der Waals surface area contributed by atoms with Crippen LogP contribution in [0.15, 0.2) is 22.7 Å². The normalized spacial score (nSPS) is 22.2. The molecule has 0 bridgehead atoms. The molecule has 72 valence electrons. The number of hydrogen-bond acceptors (Lipinski definition) is 1. The first-order chi connectivity index (χ1) is 6.71. The lowest BCUT2D eigenvalue weighted by molar-refractivity contribution is 0.239. The highest BCUT2D eigenvalue weighted by Gasteiger charge is 2.46. The number of rotatable bonds is 0. The Morgan fingerprint density at radius 1 is 1.29 bits per heavy atom. The van der Waals surface area contributed by atoms with Crippen molar-refractivity contribution in [1.29, 1.82) is 5.41 Å². The Hall–Kier alpha value is -0.630. The first kappa shape index (κ1) is 8.66. The summed E-state index contributed by atoms with van der Waals surface area (Å²) in [6.07, 6.45) is 4.85. The Kier molecular flexibility index (Phi) is 1.67. The van der Waals surface area contributed by atoms with Crippen LogP contribution in [0, 0.1) is 10.8 Å². The van der Waals surface area contributed by atoms with Crippen molar-refractivity contribution in [2.75, 3.05) is 0 Å².